The Balaban J connectivity index is 1.67. The van der Waals surface area contributed by atoms with Gasteiger partial charge in [-0.05, 0) is 74.7 Å². The number of benzene rings is 2. The molecule has 36 heavy (non-hydrogen) atoms. The minimum Gasteiger partial charge on any atom is -0.371 e. The number of nitrogens with one attached hydrogen (secondary N) is 2. The summed E-state index contributed by atoms with van der Waals surface area (Å²) in [6.07, 6.45) is 8.25. The van der Waals surface area contributed by atoms with Gasteiger partial charge in [0.05, 0.1) is 5.56 Å². The molecule has 1 aliphatic rings. The lowest BCUT2D eigenvalue weighted by atomic mass is 10.0. The third-order valence-electron chi connectivity index (χ3n) is 7.09. The van der Waals surface area contributed by atoms with Crippen LogP contribution in [0.4, 0.5) is 11.4 Å². The highest BCUT2D eigenvalue weighted by Gasteiger charge is 2.21. The maximum Gasteiger partial charge on any atom is 0.255 e. The predicted molar refractivity (Wildman–Crippen MR) is 150 cm³/mol. The van der Waals surface area contributed by atoms with Crippen molar-refractivity contribution >= 4 is 23.2 Å². The summed E-state index contributed by atoms with van der Waals surface area (Å²) in [5.74, 6) is -0.248. The quantitative estimate of drug-likeness (QED) is 0.330. The fourth-order valence-electron chi connectivity index (χ4n) is 4.77. The number of aryl methyl sites for hydroxylation is 1. The van der Waals surface area contributed by atoms with Crippen LogP contribution in [0.3, 0.4) is 0 Å². The van der Waals surface area contributed by atoms with Gasteiger partial charge in [0.15, 0.2) is 0 Å². The zero-order valence-corrected chi connectivity index (χ0v) is 22.4. The topological polar surface area (TPSA) is 64.7 Å². The van der Waals surface area contributed by atoms with Crippen molar-refractivity contribution in [1.29, 1.82) is 0 Å². The molecule has 0 spiro atoms. The highest BCUT2D eigenvalue weighted by molar-refractivity contribution is 6.06. The van der Waals surface area contributed by atoms with Gasteiger partial charge in [0.2, 0.25) is 0 Å². The monoisotopic (exact) mass is 492 g/mol. The van der Waals surface area contributed by atoms with Crippen LogP contribution in [0.5, 0.6) is 0 Å². The van der Waals surface area contributed by atoms with Gasteiger partial charge in [0, 0.05) is 43.1 Å². The first-order valence-electron chi connectivity index (χ1n) is 13.9. The maximum absolute atomic E-state index is 13.2. The van der Waals surface area contributed by atoms with Gasteiger partial charge in [-0.15, -0.1) is 0 Å². The molecule has 3 rings (SSSR count). The summed E-state index contributed by atoms with van der Waals surface area (Å²) in [6, 6.07) is 13.6. The zero-order chi connectivity index (χ0) is 25.8. The molecule has 2 N–H and O–H groups in total. The van der Waals surface area contributed by atoms with E-state index in [0.29, 0.717) is 23.4 Å². The highest BCUT2D eigenvalue weighted by atomic mass is 16.2. The van der Waals surface area contributed by atoms with Crippen molar-refractivity contribution in [2.24, 2.45) is 0 Å². The Hall–Kier alpha value is -2.86. The second kappa shape index (κ2) is 14.6. The van der Waals surface area contributed by atoms with Crippen LogP contribution >= 0.6 is 0 Å². The molecule has 2 amide bonds. The van der Waals surface area contributed by atoms with Crippen LogP contribution in [0.25, 0.3) is 0 Å². The highest BCUT2D eigenvalue weighted by Crippen LogP contribution is 2.28. The number of rotatable bonds is 14. The molecule has 2 aromatic carbocycles. The summed E-state index contributed by atoms with van der Waals surface area (Å²) in [7, 11) is 0. The molecular weight excluding hydrogens is 448 g/mol. The minimum atomic E-state index is -0.158. The Morgan fingerprint density at radius 2 is 1.61 bits per heavy atom. The van der Waals surface area contributed by atoms with Crippen LogP contribution in [0.2, 0.25) is 0 Å². The Bertz CT molecular complexity index is 963. The van der Waals surface area contributed by atoms with Crippen molar-refractivity contribution in [2.75, 3.05) is 49.5 Å². The summed E-state index contributed by atoms with van der Waals surface area (Å²) in [5, 5.41) is 6.08. The normalized spacial score (nSPS) is 13.3. The average molecular weight is 493 g/mol. The molecule has 0 aliphatic carbocycles. The van der Waals surface area contributed by atoms with Crippen LogP contribution in [-0.2, 0) is 6.42 Å². The van der Waals surface area contributed by atoms with Gasteiger partial charge in [-0.3, -0.25) is 9.59 Å². The third kappa shape index (κ3) is 8.09. The minimum absolute atomic E-state index is 0.0902. The lowest BCUT2D eigenvalue weighted by Gasteiger charge is -2.23. The van der Waals surface area contributed by atoms with E-state index in [9.17, 15) is 9.59 Å². The van der Waals surface area contributed by atoms with E-state index in [2.05, 4.69) is 41.2 Å². The van der Waals surface area contributed by atoms with E-state index >= 15 is 0 Å². The molecule has 0 unspecified atom stereocenters. The largest absolute Gasteiger partial charge is 0.371 e. The van der Waals surface area contributed by atoms with Gasteiger partial charge in [-0.25, -0.2) is 0 Å². The van der Waals surface area contributed by atoms with Gasteiger partial charge in [-0.1, -0.05) is 52.2 Å². The van der Waals surface area contributed by atoms with E-state index in [0.717, 1.165) is 57.7 Å². The van der Waals surface area contributed by atoms with Crippen molar-refractivity contribution in [3.63, 3.8) is 0 Å². The first kappa shape index (κ1) is 27.7. The lowest BCUT2D eigenvalue weighted by molar-refractivity contribution is 0.0948. The number of anilines is 2. The molecule has 1 saturated heterocycles. The molecule has 196 valence electrons. The molecule has 1 fully saturated rings. The number of hydrogen-bond donors (Lipinski definition) is 2. The lowest BCUT2D eigenvalue weighted by Crippen LogP contribution is -2.35. The second-order valence-electron chi connectivity index (χ2n) is 9.67. The van der Waals surface area contributed by atoms with Crippen LogP contribution in [-0.4, -0.2) is 56.0 Å². The Labute approximate surface area is 217 Å². The molecule has 0 bridgehead atoms. The molecule has 6 nitrogen and oxygen atoms in total. The first-order valence-corrected chi connectivity index (χ1v) is 13.9. The zero-order valence-electron chi connectivity index (χ0n) is 22.4. The first-order chi connectivity index (χ1) is 17.5. The number of carbonyl (C=O) groups is 2. The SMILES string of the molecule is CCCCCCc1ccc(C(=O)Nc2ccc(N3CCCC3)c(C(=O)NCCN(CC)CC)c2)cc1. The van der Waals surface area contributed by atoms with Gasteiger partial charge >= 0.3 is 0 Å². The number of likely N-dealkylation sites (N-methyl/N-ethyl adjacent to an activating group) is 1. The molecule has 0 atom stereocenters. The number of hydrogen-bond acceptors (Lipinski definition) is 4. The predicted octanol–water partition coefficient (Wildman–Crippen LogP) is 5.73. The van der Waals surface area contributed by atoms with Crippen LogP contribution in [0, 0.1) is 0 Å². The number of unbranched alkanes of at least 4 members (excludes halogenated alkanes) is 3. The molecule has 0 radical (unpaired) electrons. The van der Waals surface area contributed by atoms with Crippen molar-refractivity contribution in [1.82, 2.24) is 10.2 Å². The number of carbonyl (C=O) groups excluding carboxylic acids is 2. The van der Waals surface area contributed by atoms with Gasteiger partial charge < -0.3 is 20.4 Å². The van der Waals surface area contributed by atoms with Crippen LogP contribution < -0.4 is 15.5 Å². The smallest absolute Gasteiger partial charge is 0.255 e. The van der Waals surface area contributed by atoms with E-state index < -0.39 is 0 Å². The summed E-state index contributed by atoms with van der Waals surface area (Å²) in [6.45, 7) is 11.7. The maximum atomic E-state index is 13.2. The number of amides is 2. The van der Waals surface area contributed by atoms with Crippen LogP contribution in [0.1, 0.15) is 85.6 Å². The van der Waals surface area contributed by atoms with Gasteiger partial charge in [0.25, 0.3) is 11.8 Å². The van der Waals surface area contributed by atoms with E-state index in [1.165, 1.54) is 31.2 Å². The van der Waals surface area contributed by atoms with Crippen molar-refractivity contribution < 1.29 is 9.59 Å². The van der Waals surface area contributed by atoms with E-state index in [4.69, 9.17) is 0 Å². The summed E-state index contributed by atoms with van der Waals surface area (Å²) >= 11 is 0. The molecule has 2 aromatic rings. The molecule has 6 heteroatoms. The van der Waals surface area contributed by atoms with Gasteiger partial charge in [-0.2, -0.15) is 0 Å². The average Bonchev–Trinajstić information content (AvgIpc) is 3.44. The Morgan fingerprint density at radius 3 is 2.28 bits per heavy atom. The summed E-state index contributed by atoms with van der Waals surface area (Å²) in [5.41, 5.74) is 4.10. The fraction of sp³-hybridized carbons (Fsp3) is 0.533. The standard InChI is InChI=1S/C30H44N4O2/c1-4-7-8-9-12-24-13-15-25(16-14-24)29(35)32-26-17-18-28(34-20-10-11-21-34)27(23-26)30(36)31-19-22-33(5-2)6-3/h13-18,23H,4-12,19-22H2,1-3H3,(H,31,36)(H,32,35). The van der Waals surface area contributed by atoms with Crippen molar-refractivity contribution in [3.05, 3.63) is 59.2 Å². The molecule has 0 saturated carbocycles. The molecule has 1 heterocycles. The fourth-order valence-corrected chi connectivity index (χ4v) is 4.77. The molecule has 1 aliphatic heterocycles. The second-order valence-corrected chi connectivity index (χ2v) is 9.67. The Kier molecular flexibility index (Phi) is 11.3. The van der Waals surface area contributed by atoms with Gasteiger partial charge in [0.1, 0.15) is 0 Å². The number of nitrogens with zero attached hydrogens (tertiary/aromatic N) is 2. The van der Waals surface area contributed by atoms with Crippen molar-refractivity contribution in [2.45, 2.75) is 65.7 Å². The van der Waals surface area contributed by atoms with Crippen LogP contribution in [0.15, 0.2) is 42.5 Å². The van der Waals surface area contributed by atoms with E-state index in [1.54, 1.807) is 0 Å². The molecular formula is C30H44N4O2. The third-order valence-corrected chi connectivity index (χ3v) is 7.09. The van der Waals surface area contributed by atoms with E-state index in [-0.39, 0.29) is 11.8 Å². The van der Waals surface area contributed by atoms with Crippen molar-refractivity contribution in [3.8, 4) is 0 Å². The Morgan fingerprint density at radius 1 is 0.889 bits per heavy atom. The van der Waals surface area contributed by atoms with E-state index in [1.807, 2.05) is 42.5 Å². The molecule has 0 aromatic heterocycles. The summed E-state index contributed by atoms with van der Waals surface area (Å²) in [4.78, 5) is 30.7. The summed E-state index contributed by atoms with van der Waals surface area (Å²) < 4.78 is 0.